The lowest BCUT2D eigenvalue weighted by atomic mass is 10.0. The van der Waals surface area contributed by atoms with Crippen molar-refractivity contribution in [3.05, 3.63) is 35.4 Å². The van der Waals surface area contributed by atoms with E-state index in [-0.39, 0.29) is 18.0 Å². The summed E-state index contributed by atoms with van der Waals surface area (Å²) in [6, 6.07) is 5.01. The predicted molar refractivity (Wildman–Crippen MR) is 97.3 cm³/mol. The molecule has 0 saturated carbocycles. The first kappa shape index (κ1) is 21.7. The van der Waals surface area contributed by atoms with Gasteiger partial charge in [0.2, 0.25) is 5.91 Å². The first-order valence-electron chi connectivity index (χ1n) is 9.02. The van der Waals surface area contributed by atoms with E-state index in [1.807, 2.05) is 0 Å². The lowest BCUT2D eigenvalue weighted by Gasteiger charge is -2.40. The number of hydrogen-bond acceptors (Lipinski definition) is 4. The molecule has 152 valence electrons. The highest BCUT2D eigenvalue weighted by molar-refractivity contribution is 5.78. The Morgan fingerprint density at radius 2 is 1.78 bits per heavy atom. The zero-order valence-corrected chi connectivity index (χ0v) is 16.1. The molecule has 27 heavy (non-hydrogen) atoms. The second-order valence-corrected chi connectivity index (χ2v) is 7.56. The third kappa shape index (κ3) is 6.79. The van der Waals surface area contributed by atoms with E-state index in [9.17, 15) is 18.0 Å². The van der Waals surface area contributed by atoms with Gasteiger partial charge in [0.15, 0.2) is 0 Å². The molecule has 0 spiro atoms. The van der Waals surface area contributed by atoms with Gasteiger partial charge in [0.25, 0.3) is 0 Å². The summed E-state index contributed by atoms with van der Waals surface area (Å²) in [5.41, 5.74) is -0.102. The molecule has 1 N–H and O–H groups in total. The molecule has 0 aliphatic carbocycles. The van der Waals surface area contributed by atoms with E-state index in [0.29, 0.717) is 26.3 Å². The van der Waals surface area contributed by atoms with Gasteiger partial charge in [-0.3, -0.25) is 14.6 Å². The molecular weight excluding hydrogens is 359 g/mol. The van der Waals surface area contributed by atoms with Crippen molar-refractivity contribution in [1.82, 2.24) is 15.1 Å². The molecule has 0 aromatic heterocycles. The highest BCUT2D eigenvalue weighted by Crippen LogP contribution is 2.29. The maximum Gasteiger partial charge on any atom is 0.416 e. The van der Waals surface area contributed by atoms with E-state index in [4.69, 9.17) is 4.74 Å². The second kappa shape index (κ2) is 9.03. The quantitative estimate of drug-likeness (QED) is 0.780. The molecule has 0 atom stereocenters. The summed E-state index contributed by atoms with van der Waals surface area (Å²) in [7, 11) is 1.77. The summed E-state index contributed by atoms with van der Waals surface area (Å²) in [5.74, 6) is -0.106. The zero-order valence-electron chi connectivity index (χ0n) is 16.1. The van der Waals surface area contributed by atoms with E-state index in [2.05, 4.69) is 24.1 Å². The normalized spacial score (nSPS) is 16.6. The standard InChI is InChI=1S/C19H28F3N3O2/c1-18(2,25-8-10-27-11-9-25)14-23-17(26)13-24(3)12-15-4-6-16(7-5-15)19(20,21)22/h4-7H,8-14H2,1-3H3,(H,23,26). The Kier molecular flexibility index (Phi) is 7.25. The van der Waals surface area contributed by atoms with Crippen molar-refractivity contribution in [2.24, 2.45) is 0 Å². The van der Waals surface area contributed by atoms with E-state index in [1.54, 1.807) is 11.9 Å². The number of ether oxygens (including phenoxy) is 1. The van der Waals surface area contributed by atoms with Crippen LogP contribution in [-0.4, -0.2) is 67.7 Å². The van der Waals surface area contributed by atoms with E-state index >= 15 is 0 Å². The number of carbonyl (C=O) groups excluding carboxylic acids is 1. The Bertz CT molecular complexity index is 612. The largest absolute Gasteiger partial charge is 0.416 e. The van der Waals surface area contributed by atoms with Gasteiger partial charge in [0.1, 0.15) is 0 Å². The van der Waals surface area contributed by atoms with Crippen LogP contribution in [0.1, 0.15) is 25.0 Å². The third-order valence-electron chi connectivity index (χ3n) is 4.73. The summed E-state index contributed by atoms with van der Waals surface area (Å²) in [5, 5.41) is 2.95. The van der Waals surface area contributed by atoms with Crippen LogP contribution < -0.4 is 5.32 Å². The molecule has 5 nitrogen and oxygen atoms in total. The van der Waals surface area contributed by atoms with Gasteiger partial charge in [-0.15, -0.1) is 0 Å². The zero-order chi connectivity index (χ0) is 20.1. The minimum absolute atomic E-state index is 0.106. The number of nitrogens with zero attached hydrogens (tertiary/aromatic N) is 2. The Morgan fingerprint density at radius 3 is 2.33 bits per heavy atom. The molecule has 0 radical (unpaired) electrons. The minimum Gasteiger partial charge on any atom is -0.379 e. The Balaban J connectivity index is 1.78. The Labute approximate surface area is 158 Å². The molecule has 1 aliphatic rings. The van der Waals surface area contributed by atoms with E-state index < -0.39 is 11.7 Å². The number of alkyl halides is 3. The summed E-state index contributed by atoms with van der Waals surface area (Å²) in [6.07, 6.45) is -4.34. The van der Waals surface area contributed by atoms with Crippen molar-refractivity contribution in [2.45, 2.75) is 32.1 Å². The van der Waals surface area contributed by atoms with Crippen molar-refractivity contribution in [3.8, 4) is 0 Å². The van der Waals surface area contributed by atoms with E-state index in [1.165, 1.54) is 12.1 Å². The van der Waals surface area contributed by atoms with Crippen LogP contribution in [0.25, 0.3) is 0 Å². The van der Waals surface area contributed by atoms with E-state index in [0.717, 1.165) is 30.8 Å². The predicted octanol–water partition coefficient (Wildman–Crippen LogP) is 2.36. The van der Waals surface area contributed by atoms with Gasteiger partial charge in [0, 0.05) is 31.7 Å². The van der Waals surface area contributed by atoms with Gasteiger partial charge >= 0.3 is 6.18 Å². The van der Waals surface area contributed by atoms with Crippen LogP contribution in [0.4, 0.5) is 13.2 Å². The van der Waals surface area contributed by atoms with Crippen LogP contribution in [0.2, 0.25) is 0 Å². The Hall–Kier alpha value is -1.64. The average Bonchev–Trinajstić information content (AvgIpc) is 2.60. The van der Waals surface area contributed by atoms with Gasteiger partial charge in [-0.25, -0.2) is 0 Å². The fraction of sp³-hybridized carbons (Fsp3) is 0.632. The van der Waals surface area contributed by atoms with Crippen molar-refractivity contribution >= 4 is 5.91 Å². The second-order valence-electron chi connectivity index (χ2n) is 7.56. The van der Waals surface area contributed by atoms with Crippen LogP contribution in [0, 0.1) is 0 Å². The summed E-state index contributed by atoms with van der Waals surface area (Å²) < 4.78 is 43.1. The van der Waals surface area contributed by atoms with Crippen molar-refractivity contribution in [3.63, 3.8) is 0 Å². The molecule has 1 aliphatic heterocycles. The number of likely N-dealkylation sites (N-methyl/N-ethyl adjacent to an activating group) is 1. The van der Waals surface area contributed by atoms with Gasteiger partial charge in [-0.05, 0) is 38.6 Å². The number of nitrogens with one attached hydrogen (secondary N) is 1. The lowest BCUT2D eigenvalue weighted by Crippen LogP contribution is -2.56. The van der Waals surface area contributed by atoms with Crippen LogP contribution in [0.3, 0.4) is 0 Å². The third-order valence-corrected chi connectivity index (χ3v) is 4.73. The molecule has 1 amide bonds. The molecule has 1 fully saturated rings. The average molecular weight is 387 g/mol. The smallest absolute Gasteiger partial charge is 0.379 e. The number of hydrogen-bond donors (Lipinski definition) is 1. The van der Waals surface area contributed by atoms with Gasteiger partial charge in [-0.2, -0.15) is 13.2 Å². The molecule has 1 heterocycles. The summed E-state index contributed by atoms with van der Waals surface area (Å²) in [6.45, 7) is 8.38. The number of benzene rings is 1. The molecule has 1 aromatic rings. The van der Waals surface area contributed by atoms with Gasteiger partial charge < -0.3 is 10.1 Å². The van der Waals surface area contributed by atoms with Gasteiger partial charge in [-0.1, -0.05) is 12.1 Å². The molecular formula is C19H28F3N3O2. The maximum absolute atomic E-state index is 12.6. The molecule has 2 rings (SSSR count). The molecule has 8 heteroatoms. The van der Waals surface area contributed by atoms with Gasteiger partial charge in [0.05, 0.1) is 25.3 Å². The highest BCUT2D eigenvalue weighted by atomic mass is 19.4. The maximum atomic E-state index is 12.6. The fourth-order valence-corrected chi connectivity index (χ4v) is 3.06. The van der Waals surface area contributed by atoms with Crippen LogP contribution in [0.5, 0.6) is 0 Å². The number of halogens is 3. The number of rotatable bonds is 7. The molecule has 1 aromatic carbocycles. The van der Waals surface area contributed by atoms with Crippen LogP contribution in [-0.2, 0) is 22.3 Å². The monoisotopic (exact) mass is 387 g/mol. The van der Waals surface area contributed by atoms with Crippen LogP contribution >= 0.6 is 0 Å². The number of amides is 1. The summed E-state index contributed by atoms with van der Waals surface area (Å²) in [4.78, 5) is 16.3. The topological polar surface area (TPSA) is 44.8 Å². The highest BCUT2D eigenvalue weighted by Gasteiger charge is 2.30. The number of carbonyl (C=O) groups is 1. The number of morpholine rings is 1. The Morgan fingerprint density at radius 1 is 1.19 bits per heavy atom. The summed E-state index contributed by atoms with van der Waals surface area (Å²) >= 11 is 0. The molecule has 0 unspecified atom stereocenters. The SMILES string of the molecule is CN(CC(=O)NCC(C)(C)N1CCOCC1)Cc1ccc(C(F)(F)F)cc1. The minimum atomic E-state index is -4.34. The molecule has 0 bridgehead atoms. The van der Waals surface area contributed by atoms with Crippen molar-refractivity contribution in [1.29, 1.82) is 0 Å². The molecule has 1 saturated heterocycles. The fourth-order valence-electron chi connectivity index (χ4n) is 3.06. The first-order chi connectivity index (χ1) is 12.6. The first-order valence-corrected chi connectivity index (χ1v) is 9.02. The van der Waals surface area contributed by atoms with Crippen molar-refractivity contribution in [2.75, 3.05) is 46.4 Å². The van der Waals surface area contributed by atoms with Crippen LogP contribution in [0.15, 0.2) is 24.3 Å². The lowest BCUT2D eigenvalue weighted by molar-refractivity contribution is -0.137. The van der Waals surface area contributed by atoms with Crippen molar-refractivity contribution < 1.29 is 22.7 Å².